The fourth-order valence-corrected chi connectivity index (χ4v) is 1.99. The van der Waals surface area contributed by atoms with E-state index in [1.807, 2.05) is 6.92 Å². The topological polar surface area (TPSA) is 20.2 Å². The highest BCUT2D eigenvalue weighted by Crippen LogP contribution is 2.36. The van der Waals surface area contributed by atoms with Crippen molar-refractivity contribution in [2.24, 2.45) is 0 Å². The van der Waals surface area contributed by atoms with Gasteiger partial charge in [-0.3, -0.25) is 0 Å². The summed E-state index contributed by atoms with van der Waals surface area (Å²) in [6.45, 7) is 2.02. The minimum Gasteiger partial charge on any atom is -0.388 e. The van der Waals surface area contributed by atoms with E-state index in [0.717, 1.165) is 31.4 Å². The Bertz CT molecular complexity index is 401. The number of aliphatic hydroxyl groups is 1. The lowest BCUT2D eigenvalue weighted by molar-refractivity contribution is -0.139. The summed E-state index contributed by atoms with van der Waals surface area (Å²) < 4.78 is 51.3. The van der Waals surface area contributed by atoms with E-state index in [1.54, 1.807) is 0 Å². The number of benzene rings is 1. The average molecular weight is 278 g/mol. The zero-order valence-electron chi connectivity index (χ0n) is 10.8. The van der Waals surface area contributed by atoms with Crippen molar-refractivity contribution >= 4 is 0 Å². The van der Waals surface area contributed by atoms with E-state index < -0.39 is 23.7 Å². The van der Waals surface area contributed by atoms with Crippen LogP contribution in [0.2, 0.25) is 0 Å². The molecule has 1 atom stereocenters. The Kier molecular flexibility index (Phi) is 5.79. The predicted molar refractivity (Wildman–Crippen MR) is 65.1 cm³/mol. The van der Waals surface area contributed by atoms with Gasteiger partial charge >= 0.3 is 6.18 Å². The molecule has 0 heterocycles. The maximum atomic E-state index is 13.1. The third-order valence-corrected chi connectivity index (χ3v) is 3.01. The van der Waals surface area contributed by atoms with Crippen LogP contribution >= 0.6 is 0 Å². The monoisotopic (exact) mass is 278 g/mol. The molecule has 0 aliphatic rings. The quantitative estimate of drug-likeness (QED) is 0.582. The molecule has 0 spiro atoms. The van der Waals surface area contributed by atoms with Gasteiger partial charge in [0.15, 0.2) is 0 Å². The molecule has 0 radical (unpaired) electrons. The van der Waals surface area contributed by atoms with Crippen LogP contribution in [0.15, 0.2) is 18.2 Å². The molecule has 1 aromatic carbocycles. The van der Waals surface area contributed by atoms with E-state index >= 15 is 0 Å². The second-order valence-corrected chi connectivity index (χ2v) is 4.59. The van der Waals surface area contributed by atoms with Gasteiger partial charge in [0, 0.05) is 0 Å². The van der Waals surface area contributed by atoms with Crippen LogP contribution in [-0.2, 0) is 6.18 Å². The Hall–Kier alpha value is -1.10. The minimum absolute atomic E-state index is 0.215. The lowest BCUT2D eigenvalue weighted by Gasteiger charge is -2.17. The molecule has 0 fully saturated rings. The Balaban J connectivity index is 2.82. The number of hydrogen-bond donors (Lipinski definition) is 1. The van der Waals surface area contributed by atoms with Gasteiger partial charge in [-0.05, 0) is 30.2 Å². The van der Waals surface area contributed by atoms with E-state index in [4.69, 9.17) is 0 Å². The molecule has 108 valence electrons. The van der Waals surface area contributed by atoms with E-state index in [0.29, 0.717) is 12.5 Å². The summed E-state index contributed by atoms with van der Waals surface area (Å²) in [5.74, 6) is -0.768. The van der Waals surface area contributed by atoms with Gasteiger partial charge in [0.25, 0.3) is 0 Å². The number of alkyl halides is 3. The third-order valence-electron chi connectivity index (χ3n) is 3.01. The molecule has 0 aliphatic carbocycles. The number of hydrogen-bond acceptors (Lipinski definition) is 1. The molecule has 0 amide bonds. The molecule has 1 nitrogen and oxygen atoms in total. The average Bonchev–Trinajstić information content (AvgIpc) is 2.32. The largest absolute Gasteiger partial charge is 0.416 e. The molecule has 0 saturated carbocycles. The molecule has 0 saturated heterocycles. The van der Waals surface area contributed by atoms with Crippen LogP contribution in [0.5, 0.6) is 0 Å². The van der Waals surface area contributed by atoms with Gasteiger partial charge in [-0.1, -0.05) is 32.6 Å². The molecule has 19 heavy (non-hydrogen) atoms. The normalized spacial score (nSPS) is 13.6. The lowest BCUT2D eigenvalue weighted by atomic mass is 9.97. The molecule has 1 unspecified atom stereocenters. The van der Waals surface area contributed by atoms with Crippen molar-refractivity contribution in [2.45, 2.75) is 51.3 Å². The molecular weight excluding hydrogens is 260 g/mol. The summed E-state index contributed by atoms with van der Waals surface area (Å²) in [5.41, 5.74) is -1.33. The minimum atomic E-state index is -4.58. The van der Waals surface area contributed by atoms with Crippen LogP contribution in [0.3, 0.4) is 0 Å². The first kappa shape index (κ1) is 16.0. The van der Waals surface area contributed by atoms with Gasteiger partial charge in [-0.25, -0.2) is 4.39 Å². The van der Waals surface area contributed by atoms with Crippen molar-refractivity contribution in [1.29, 1.82) is 0 Å². The highest BCUT2D eigenvalue weighted by atomic mass is 19.4. The van der Waals surface area contributed by atoms with Crippen molar-refractivity contribution in [3.05, 3.63) is 35.1 Å². The van der Waals surface area contributed by atoms with Gasteiger partial charge in [0.1, 0.15) is 5.82 Å². The second kappa shape index (κ2) is 6.89. The van der Waals surface area contributed by atoms with E-state index in [1.165, 1.54) is 0 Å². The highest BCUT2D eigenvalue weighted by Gasteiger charge is 2.35. The van der Waals surface area contributed by atoms with Crippen LogP contribution < -0.4 is 0 Å². The van der Waals surface area contributed by atoms with Crippen molar-refractivity contribution in [3.8, 4) is 0 Å². The van der Waals surface area contributed by atoms with Crippen molar-refractivity contribution in [2.75, 3.05) is 0 Å². The summed E-state index contributed by atoms with van der Waals surface area (Å²) in [6.07, 6.45) is -2.18. The van der Waals surface area contributed by atoms with Crippen molar-refractivity contribution in [1.82, 2.24) is 0 Å². The zero-order chi connectivity index (χ0) is 14.5. The molecule has 1 N–H and O–H groups in total. The third kappa shape index (κ3) is 4.82. The summed E-state index contributed by atoms with van der Waals surface area (Å²) in [7, 11) is 0. The molecule has 1 rings (SSSR count). The molecule has 0 bridgehead atoms. The maximum Gasteiger partial charge on any atom is 0.416 e. The van der Waals surface area contributed by atoms with Crippen molar-refractivity contribution < 1.29 is 22.7 Å². The fourth-order valence-electron chi connectivity index (χ4n) is 1.99. The van der Waals surface area contributed by atoms with Crippen molar-refractivity contribution in [3.63, 3.8) is 0 Å². The SMILES string of the molecule is CCCCCCC(O)c1cc(F)ccc1C(F)(F)F. The van der Waals surface area contributed by atoms with Gasteiger partial charge in [0.2, 0.25) is 0 Å². The van der Waals surface area contributed by atoms with Crippen LogP contribution in [0, 0.1) is 5.82 Å². The van der Waals surface area contributed by atoms with Crippen LogP contribution in [0.1, 0.15) is 56.3 Å². The first-order valence-corrected chi connectivity index (χ1v) is 6.41. The van der Waals surface area contributed by atoms with Gasteiger partial charge in [-0.2, -0.15) is 13.2 Å². The zero-order valence-corrected chi connectivity index (χ0v) is 10.8. The Labute approximate surface area is 110 Å². The predicted octanol–water partition coefficient (Wildman–Crippen LogP) is 4.85. The second-order valence-electron chi connectivity index (χ2n) is 4.59. The van der Waals surface area contributed by atoms with Crippen LogP contribution in [-0.4, -0.2) is 5.11 Å². The lowest BCUT2D eigenvalue weighted by Crippen LogP contribution is -2.12. The summed E-state index contributed by atoms with van der Waals surface area (Å²) >= 11 is 0. The van der Waals surface area contributed by atoms with Gasteiger partial charge in [-0.15, -0.1) is 0 Å². The Morgan fingerprint density at radius 2 is 1.84 bits per heavy atom. The first-order valence-electron chi connectivity index (χ1n) is 6.41. The first-order chi connectivity index (χ1) is 8.86. The number of aliphatic hydroxyl groups excluding tert-OH is 1. The maximum absolute atomic E-state index is 13.1. The smallest absolute Gasteiger partial charge is 0.388 e. The van der Waals surface area contributed by atoms with E-state index in [-0.39, 0.29) is 12.0 Å². The fraction of sp³-hybridized carbons (Fsp3) is 0.571. The van der Waals surface area contributed by atoms with Crippen LogP contribution in [0.25, 0.3) is 0 Å². The van der Waals surface area contributed by atoms with Gasteiger partial charge in [0.05, 0.1) is 11.7 Å². The summed E-state index contributed by atoms with van der Waals surface area (Å²) in [4.78, 5) is 0. The summed E-state index contributed by atoms with van der Waals surface area (Å²) in [5, 5.41) is 9.82. The molecule has 0 aliphatic heterocycles. The number of unbranched alkanes of at least 4 members (excludes halogenated alkanes) is 3. The molecule has 0 aromatic heterocycles. The van der Waals surface area contributed by atoms with Gasteiger partial charge < -0.3 is 5.11 Å². The number of rotatable bonds is 6. The highest BCUT2D eigenvalue weighted by molar-refractivity contribution is 5.32. The number of halogens is 4. The molecular formula is C14H18F4O. The Morgan fingerprint density at radius 1 is 1.16 bits per heavy atom. The standard InChI is InChI=1S/C14H18F4O/c1-2-3-4-5-6-13(19)11-9-10(15)7-8-12(11)14(16,17)18/h7-9,13,19H,2-6H2,1H3. The molecule has 5 heteroatoms. The summed E-state index contributed by atoms with van der Waals surface area (Å²) in [6, 6.07) is 2.21. The van der Waals surface area contributed by atoms with E-state index in [2.05, 4.69) is 0 Å². The van der Waals surface area contributed by atoms with E-state index in [9.17, 15) is 22.7 Å². The van der Waals surface area contributed by atoms with Crippen LogP contribution in [0.4, 0.5) is 17.6 Å². The Morgan fingerprint density at radius 3 is 2.42 bits per heavy atom. The molecule has 1 aromatic rings.